The number of rotatable bonds is 5. The molecule has 1 aliphatic rings. The predicted octanol–water partition coefficient (Wildman–Crippen LogP) is 0.850. The van der Waals surface area contributed by atoms with Crippen LogP contribution in [-0.2, 0) is 15.8 Å². The summed E-state index contributed by atoms with van der Waals surface area (Å²) in [4.78, 5) is 16.0. The summed E-state index contributed by atoms with van der Waals surface area (Å²) in [7, 11) is 0.437. The van der Waals surface area contributed by atoms with E-state index < -0.39 is 45.2 Å². The number of hydrogen-bond acceptors (Lipinski definition) is 9. The van der Waals surface area contributed by atoms with Gasteiger partial charge in [-0.05, 0) is 27.2 Å². The monoisotopic (exact) mass is 436 g/mol. The van der Waals surface area contributed by atoms with E-state index in [2.05, 4.69) is 53.0 Å². The molecule has 0 aromatic carbocycles. The lowest BCUT2D eigenvalue weighted by Gasteiger charge is -2.36. The molecule has 28 heavy (non-hydrogen) atoms. The first kappa shape index (κ1) is 23.1. The highest BCUT2D eigenvalue weighted by atomic mass is 31.0. The molecule has 0 aliphatic carbocycles. The summed E-state index contributed by atoms with van der Waals surface area (Å²) < 4.78 is 18.3. The molecule has 0 spiro atoms. The Bertz CT molecular complexity index is 760. The van der Waals surface area contributed by atoms with Gasteiger partial charge in [-0.15, -0.1) is 0 Å². The van der Waals surface area contributed by atoms with E-state index >= 15 is 0 Å². The highest BCUT2D eigenvalue weighted by Crippen LogP contribution is 2.37. The second-order valence-corrected chi connectivity index (χ2v) is 12.9. The van der Waals surface area contributed by atoms with Crippen molar-refractivity contribution in [2.24, 2.45) is 0 Å². The van der Waals surface area contributed by atoms with E-state index in [1.54, 1.807) is 0 Å². The molecule has 0 bridgehead atoms. The van der Waals surface area contributed by atoms with E-state index in [4.69, 9.17) is 16.3 Å². The normalized spacial score (nSPS) is 25.6. The van der Waals surface area contributed by atoms with E-state index in [0.29, 0.717) is 5.56 Å². The molecule has 6 N–H and O–H groups in total. The first-order chi connectivity index (χ1) is 13.3. The molecule has 12 heteroatoms. The van der Waals surface area contributed by atoms with Gasteiger partial charge in [-0.1, -0.05) is 20.8 Å². The third-order valence-electron chi connectivity index (χ3n) is 5.25. The lowest BCUT2D eigenvalue weighted by molar-refractivity contribution is -0.0551. The van der Waals surface area contributed by atoms with Gasteiger partial charge >= 0.3 is 5.69 Å². The first-order valence-electron chi connectivity index (χ1n) is 9.20. The summed E-state index contributed by atoms with van der Waals surface area (Å²) in [6.07, 6.45) is -3.38. The van der Waals surface area contributed by atoms with Gasteiger partial charge in [0.2, 0.25) is 0 Å². The Kier molecular flexibility index (Phi) is 7.86. The van der Waals surface area contributed by atoms with Crippen LogP contribution in [-0.4, -0.2) is 58.1 Å². The van der Waals surface area contributed by atoms with Gasteiger partial charge in [0.05, 0.1) is 13.2 Å². The molecule has 10 nitrogen and oxygen atoms in total. The van der Waals surface area contributed by atoms with Crippen LogP contribution in [0.15, 0.2) is 11.0 Å². The van der Waals surface area contributed by atoms with Crippen LogP contribution in [0.2, 0.25) is 19.5 Å². The van der Waals surface area contributed by atoms with E-state index in [-0.39, 0.29) is 17.5 Å². The lowest BCUT2D eigenvalue weighted by atomic mass is 10.1. The minimum absolute atomic E-state index is 0.00680. The third kappa shape index (κ3) is 5.23. The molecule has 0 amide bonds. The number of aromatic nitrogens is 2. The Labute approximate surface area is 169 Å². The zero-order chi connectivity index (χ0) is 22.6. The topological polar surface area (TPSA) is 164 Å². The van der Waals surface area contributed by atoms with Crippen LogP contribution in [0.5, 0.6) is 0 Å². The largest absolute Gasteiger partial charge is 0.412 e. The SMILES string of the molecule is CC(C)(C)[Si](C)(C)OCc1cn([C@@H]2O[C@H](CO)[C@H](O)C2O)c(=O)nc1N.[3H]N=P. The number of hydrogen-bond donors (Lipinski definition) is 5. The van der Waals surface area contributed by atoms with Crippen molar-refractivity contribution in [3.8, 4) is 0 Å². The van der Waals surface area contributed by atoms with Gasteiger partial charge in [-0.2, -0.15) is 4.98 Å². The quantitative estimate of drug-likeness (QED) is 0.335. The van der Waals surface area contributed by atoms with Gasteiger partial charge in [0.25, 0.3) is 0 Å². The van der Waals surface area contributed by atoms with Crippen molar-refractivity contribution in [1.29, 1.82) is 5.15 Å². The van der Waals surface area contributed by atoms with E-state index in [0.717, 1.165) is 4.57 Å². The molecule has 4 atom stereocenters. The molecule has 2 rings (SSSR count). The van der Waals surface area contributed by atoms with Gasteiger partial charge in [0, 0.05) is 11.8 Å². The Morgan fingerprint density at radius 3 is 2.50 bits per heavy atom. The summed E-state index contributed by atoms with van der Waals surface area (Å²) in [6, 6.07) is 0. The maximum Gasteiger partial charge on any atom is 0.351 e. The fraction of sp³-hybridized carbons (Fsp3) is 0.750. The van der Waals surface area contributed by atoms with Crippen LogP contribution in [0.25, 0.3) is 0 Å². The Morgan fingerprint density at radius 2 is 2.04 bits per heavy atom. The van der Waals surface area contributed by atoms with Crippen molar-refractivity contribution in [3.63, 3.8) is 0 Å². The van der Waals surface area contributed by atoms with Crippen LogP contribution in [0.1, 0.15) is 32.6 Å². The maximum absolute atomic E-state index is 12.2. The maximum atomic E-state index is 12.2. The number of aliphatic hydroxyl groups is 3. The highest BCUT2D eigenvalue weighted by molar-refractivity contribution is 7.02. The second-order valence-electron chi connectivity index (χ2n) is 8.12. The smallest absolute Gasteiger partial charge is 0.351 e. The van der Waals surface area contributed by atoms with E-state index in [1.165, 1.54) is 6.20 Å². The number of aliphatic hydroxyl groups excluding tert-OH is 3. The van der Waals surface area contributed by atoms with Gasteiger partial charge in [-0.25, -0.2) is 4.79 Å². The second kappa shape index (κ2) is 9.53. The van der Waals surface area contributed by atoms with Crippen LogP contribution >= 0.6 is 9.03 Å². The molecule has 0 radical (unpaired) electrons. The minimum Gasteiger partial charge on any atom is -0.412 e. The van der Waals surface area contributed by atoms with Crippen LogP contribution in [0, 0.1) is 5.15 Å². The molecule has 2 heterocycles. The minimum atomic E-state index is -2.04. The van der Waals surface area contributed by atoms with Gasteiger partial charge in [-0.3, -0.25) is 9.72 Å². The molecule has 1 saturated heterocycles. The van der Waals surface area contributed by atoms with Crippen molar-refractivity contribution in [2.45, 2.75) is 70.1 Å². The first-order valence-corrected chi connectivity index (χ1v) is 12.1. The summed E-state index contributed by atoms with van der Waals surface area (Å²) in [5, 5.41) is 31.8. The van der Waals surface area contributed by atoms with E-state index in [1.807, 2.05) is 0 Å². The summed E-state index contributed by atoms with van der Waals surface area (Å²) >= 11 is 0. The fourth-order valence-electron chi connectivity index (χ4n) is 2.40. The summed E-state index contributed by atoms with van der Waals surface area (Å²) in [6.45, 7) is 10.2. The number of nitrogens with zero attached hydrogens (tertiary/aromatic N) is 2. The standard InChI is InChI=1S/C16H29N3O6Si.H2NP/c1-16(2,3)26(4,5)24-8-9-6-19(15(23)18-13(9)17)14-12(22)11(21)10(7-20)25-14;1-2/h6,10-12,14,20-22H,7-8H2,1-5H3,(H2,17,18,23);1-2H/t10-,11+,12?,14-;/m1./s1/i/hT. The van der Waals surface area contributed by atoms with Crippen molar-refractivity contribution < 1.29 is 25.9 Å². The average molecular weight is 437 g/mol. The molecule has 1 unspecified atom stereocenters. The molecular formula is C16H31N4O6PSi. The highest BCUT2D eigenvalue weighted by Gasteiger charge is 2.44. The van der Waals surface area contributed by atoms with E-state index in [9.17, 15) is 20.1 Å². The molecule has 160 valence electrons. The summed E-state index contributed by atoms with van der Waals surface area (Å²) in [5.74, 6) is 0.0525. The van der Waals surface area contributed by atoms with Crippen molar-refractivity contribution in [2.75, 3.05) is 12.3 Å². The molecule has 1 aliphatic heterocycles. The zero-order valence-electron chi connectivity index (χ0n) is 17.8. The van der Waals surface area contributed by atoms with Gasteiger partial charge in [0.15, 0.2) is 16.0 Å². The molecule has 1 aromatic rings. The fourth-order valence-corrected chi connectivity index (χ4v) is 3.35. The van der Waals surface area contributed by atoms with Crippen LogP contribution < -0.4 is 11.4 Å². The van der Waals surface area contributed by atoms with Gasteiger partial charge in [0.1, 0.15) is 24.1 Å². The predicted molar refractivity (Wildman–Crippen MR) is 109 cm³/mol. The molecular weight excluding hydrogens is 403 g/mol. The number of nitrogens with two attached hydrogens (primary N) is 1. The van der Waals surface area contributed by atoms with Crippen molar-refractivity contribution >= 4 is 23.2 Å². The van der Waals surface area contributed by atoms with Crippen molar-refractivity contribution in [3.05, 3.63) is 22.2 Å². The average Bonchev–Trinajstić information content (AvgIpc) is 2.89. The molecule has 1 fully saturated rings. The lowest BCUT2D eigenvalue weighted by Crippen LogP contribution is -2.41. The third-order valence-corrected chi connectivity index (χ3v) is 9.73. The van der Waals surface area contributed by atoms with Crippen LogP contribution in [0.4, 0.5) is 5.82 Å². The molecule has 1 aromatic heterocycles. The Hall–Kier alpha value is -1.20. The number of anilines is 1. The van der Waals surface area contributed by atoms with Gasteiger partial charge < -0.3 is 30.2 Å². The number of ether oxygens (including phenoxy) is 1. The van der Waals surface area contributed by atoms with Crippen LogP contribution in [0.3, 0.4) is 0 Å². The number of nitrogens with one attached hydrogen (secondary N) is 1. The Balaban J connectivity index is 0.00000132. The summed E-state index contributed by atoms with van der Waals surface area (Å²) in [5.41, 5.74) is 5.64. The zero-order valence-corrected chi connectivity index (χ0v) is 18.8. The van der Waals surface area contributed by atoms with Crippen molar-refractivity contribution in [1.82, 2.24) is 9.55 Å². The molecule has 0 saturated carbocycles. The Morgan fingerprint density at radius 1 is 1.46 bits per heavy atom. The number of nitrogen functional groups attached to an aromatic ring is 1.